The molecule has 0 aromatic carbocycles. The molecule has 3 heterocycles. The van der Waals surface area contributed by atoms with E-state index in [-0.39, 0.29) is 11.8 Å². The van der Waals surface area contributed by atoms with Crippen LogP contribution in [0.25, 0.3) is 0 Å². The number of likely N-dealkylation sites (tertiary alicyclic amines) is 1. The minimum Gasteiger partial charge on any atom is -0.337 e. The van der Waals surface area contributed by atoms with Crippen LogP contribution >= 0.6 is 0 Å². The summed E-state index contributed by atoms with van der Waals surface area (Å²) >= 11 is 0. The Balaban J connectivity index is 1.79. The summed E-state index contributed by atoms with van der Waals surface area (Å²) < 4.78 is 39.9. The summed E-state index contributed by atoms with van der Waals surface area (Å²) in [6, 6.07) is 1.66. The lowest BCUT2D eigenvalue weighted by Gasteiger charge is -2.32. The van der Waals surface area contributed by atoms with Crippen molar-refractivity contribution < 1.29 is 18.0 Å². The van der Waals surface area contributed by atoms with Crippen LogP contribution in [0.2, 0.25) is 0 Å². The Hall–Kier alpha value is -2.32. The standard InChI is InChI=1S/C15H18F3N5O/c1-9-6-11(21-20-9)14(24)23-5-3-4-10(7-23)13-19-12(8-22(13)2)15(16,17)18/h6,8,10H,3-5,7H2,1-2H3,(H,20,21). The van der Waals surface area contributed by atoms with E-state index in [0.29, 0.717) is 37.4 Å². The van der Waals surface area contributed by atoms with E-state index in [9.17, 15) is 18.0 Å². The highest BCUT2D eigenvalue weighted by atomic mass is 19.4. The van der Waals surface area contributed by atoms with Gasteiger partial charge in [-0.15, -0.1) is 0 Å². The zero-order chi connectivity index (χ0) is 17.5. The van der Waals surface area contributed by atoms with Gasteiger partial charge in [-0.25, -0.2) is 4.98 Å². The number of alkyl halides is 3. The quantitative estimate of drug-likeness (QED) is 0.913. The van der Waals surface area contributed by atoms with Gasteiger partial charge in [-0.05, 0) is 25.8 Å². The second-order valence-corrected chi connectivity index (χ2v) is 6.12. The highest BCUT2D eigenvalue weighted by Crippen LogP contribution is 2.32. The Kier molecular flexibility index (Phi) is 4.10. The van der Waals surface area contributed by atoms with Crippen LogP contribution in [0.1, 0.15) is 46.5 Å². The fourth-order valence-electron chi connectivity index (χ4n) is 3.06. The van der Waals surface area contributed by atoms with Gasteiger partial charge in [-0.2, -0.15) is 18.3 Å². The monoisotopic (exact) mass is 341 g/mol. The van der Waals surface area contributed by atoms with Gasteiger partial charge < -0.3 is 9.47 Å². The van der Waals surface area contributed by atoms with Crippen LogP contribution in [0.15, 0.2) is 12.3 Å². The molecule has 1 atom stereocenters. The molecule has 6 nitrogen and oxygen atoms in total. The Morgan fingerprint density at radius 3 is 2.75 bits per heavy atom. The molecule has 24 heavy (non-hydrogen) atoms. The number of amides is 1. The van der Waals surface area contributed by atoms with Crippen LogP contribution in [0, 0.1) is 6.92 Å². The van der Waals surface area contributed by atoms with Gasteiger partial charge in [0.25, 0.3) is 5.91 Å². The van der Waals surface area contributed by atoms with Crippen molar-refractivity contribution in [1.82, 2.24) is 24.6 Å². The SMILES string of the molecule is Cc1cc(C(=O)N2CCCC(c3nc(C(F)(F)F)cn3C)C2)n[nH]1. The van der Waals surface area contributed by atoms with E-state index >= 15 is 0 Å². The van der Waals surface area contributed by atoms with E-state index in [1.165, 1.54) is 4.57 Å². The molecule has 1 aliphatic heterocycles. The predicted octanol–water partition coefficient (Wildman–Crippen LogP) is 2.49. The molecule has 3 rings (SSSR count). The van der Waals surface area contributed by atoms with Gasteiger partial charge in [-0.1, -0.05) is 0 Å². The molecule has 0 aliphatic carbocycles. The molecular formula is C15H18F3N5O. The minimum absolute atomic E-state index is 0.214. The van der Waals surface area contributed by atoms with Crippen molar-refractivity contribution in [3.05, 3.63) is 35.2 Å². The van der Waals surface area contributed by atoms with Crippen LogP contribution in [0.5, 0.6) is 0 Å². The number of nitrogens with one attached hydrogen (secondary N) is 1. The zero-order valence-electron chi connectivity index (χ0n) is 13.4. The van der Waals surface area contributed by atoms with Crippen molar-refractivity contribution in [2.45, 2.75) is 31.9 Å². The molecule has 0 spiro atoms. The number of imidazole rings is 1. The molecule has 0 saturated carbocycles. The number of aromatic amines is 1. The normalized spacial score (nSPS) is 18.9. The molecule has 0 radical (unpaired) electrons. The molecule has 2 aromatic heterocycles. The zero-order valence-corrected chi connectivity index (χ0v) is 13.4. The smallest absolute Gasteiger partial charge is 0.337 e. The van der Waals surface area contributed by atoms with Crippen LogP contribution in [0.3, 0.4) is 0 Å². The van der Waals surface area contributed by atoms with E-state index < -0.39 is 11.9 Å². The van der Waals surface area contributed by atoms with Gasteiger partial charge in [0.1, 0.15) is 11.5 Å². The van der Waals surface area contributed by atoms with Crippen LogP contribution in [0.4, 0.5) is 13.2 Å². The number of aryl methyl sites for hydroxylation is 2. The first-order valence-corrected chi connectivity index (χ1v) is 7.67. The summed E-state index contributed by atoms with van der Waals surface area (Å²) in [7, 11) is 1.55. The van der Waals surface area contributed by atoms with Crippen LogP contribution < -0.4 is 0 Å². The number of nitrogens with zero attached hydrogens (tertiary/aromatic N) is 4. The maximum absolute atomic E-state index is 12.8. The van der Waals surface area contributed by atoms with E-state index in [4.69, 9.17) is 0 Å². The summed E-state index contributed by atoms with van der Waals surface area (Å²) in [5.41, 5.74) is 0.209. The topological polar surface area (TPSA) is 66.8 Å². The maximum Gasteiger partial charge on any atom is 0.434 e. The van der Waals surface area contributed by atoms with Gasteiger partial charge in [0.15, 0.2) is 5.69 Å². The average Bonchev–Trinajstić information content (AvgIpc) is 3.12. The number of hydrogen-bond acceptors (Lipinski definition) is 3. The lowest BCUT2D eigenvalue weighted by molar-refractivity contribution is -0.141. The highest BCUT2D eigenvalue weighted by Gasteiger charge is 2.36. The second kappa shape index (κ2) is 5.95. The van der Waals surface area contributed by atoms with Gasteiger partial charge in [0.05, 0.1) is 0 Å². The summed E-state index contributed by atoms with van der Waals surface area (Å²) in [5, 5.41) is 6.68. The Bertz CT molecular complexity index is 749. The number of piperidine rings is 1. The summed E-state index contributed by atoms with van der Waals surface area (Å²) in [6.45, 7) is 2.71. The third-order valence-corrected chi connectivity index (χ3v) is 4.20. The Morgan fingerprint density at radius 1 is 1.42 bits per heavy atom. The van der Waals surface area contributed by atoms with Crippen molar-refractivity contribution in [2.75, 3.05) is 13.1 Å². The van der Waals surface area contributed by atoms with E-state index in [0.717, 1.165) is 11.9 Å². The molecule has 1 N–H and O–H groups in total. The fraction of sp³-hybridized carbons (Fsp3) is 0.533. The fourth-order valence-corrected chi connectivity index (χ4v) is 3.06. The van der Waals surface area contributed by atoms with E-state index in [1.54, 1.807) is 24.9 Å². The van der Waals surface area contributed by atoms with Crippen molar-refractivity contribution in [3.8, 4) is 0 Å². The molecule has 130 valence electrons. The molecule has 1 aliphatic rings. The molecule has 1 unspecified atom stereocenters. The lowest BCUT2D eigenvalue weighted by atomic mass is 9.97. The first-order chi connectivity index (χ1) is 11.3. The molecule has 0 bridgehead atoms. The minimum atomic E-state index is -4.47. The maximum atomic E-state index is 12.8. The van der Waals surface area contributed by atoms with Crippen molar-refractivity contribution >= 4 is 5.91 Å². The number of carbonyl (C=O) groups is 1. The molecular weight excluding hydrogens is 323 g/mol. The Morgan fingerprint density at radius 2 is 2.17 bits per heavy atom. The highest BCUT2D eigenvalue weighted by molar-refractivity contribution is 5.92. The Labute approximate surface area is 136 Å². The first kappa shape index (κ1) is 16.5. The van der Waals surface area contributed by atoms with Gasteiger partial charge in [-0.3, -0.25) is 9.89 Å². The number of carbonyl (C=O) groups excluding carboxylic acids is 1. The molecule has 1 fully saturated rings. The van der Waals surface area contributed by atoms with Gasteiger partial charge in [0, 0.05) is 37.9 Å². The molecule has 2 aromatic rings. The third-order valence-electron chi connectivity index (χ3n) is 4.20. The molecule has 1 amide bonds. The summed E-state index contributed by atoms with van der Waals surface area (Å²) in [6.07, 6.45) is -2.06. The third kappa shape index (κ3) is 3.15. The van der Waals surface area contributed by atoms with Crippen molar-refractivity contribution in [1.29, 1.82) is 0 Å². The van der Waals surface area contributed by atoms with Crippen molar-refractivity contribution in [2.24, 2.45) is 7.05 Å². The van der Waals surface area contributed by atoms with Crippen molar-refractivity contribution in [3.63, 3.8) is 0 Å². The summed E-state index contributed by atoms with van der Waals surface area (Å²) in [5.74, 6) is -0.0730. The number of H-pyrrole nitrogens is 1. The first-order valence-electron chi connectivity index (χ1n) is 7.67. The number of aromatic nitrogens is 4. The summed E-state index contributed by atoms with van der Waals surface area (Å²) in [4.78, 5) is 17.9. The number of rotatable bonds is 2. The van der Waals surface area contributed by atoms with Gasteiger partial charge >= 0.3 is 6.18 Å². The molecule has 1 saturated heterocycles. The van der Waals surface area contributed by atoms with Crippen LogP contribution in [-0.2, 0) is 13.2 Å². The predicted molar refractivity (Wildman–Crippen MR) is 79.4 cm³/mol. The number of hydrogen-bond donors (Lipinski definition) is 1. The van der Waals surface area contributed by atoms with E-state index in [2.05, 4.69) is 15.2 Å². The lowest BCUT2D eigenvalue weighted by Crippen LogP contribution is -2.39. The largest absolute Gasteiger partial charge is 0.434 e. The van der Waals surface area contributed by atoms with Gasteiger partial charge in [0.2, 0.25) is 0 Å². The van der Waals surface area contributed by atoms with E-state index in [1.807, 2.05) is 0 Å². The average molecular weight is 341 g/mol. The second-order valence-electron chi connectivity index (χ2n) is 6.12. The molecule has 9 heteroatoms. The number of halogens is 3. The van der Waals surface area contributed by atoms with Crippen LogP contribution in [-0.4, -0.2) is 43.6 Å².